The van der Waals surface area contributed by atoms with E-state index >= 15 is 0 Å². The third kappa shape index (κ3) is 3.07. The van der Waals surface area contributed by atoms with Crippen molar-refractivity contribution in [1.29, 1.82) is 0 Å². The Morgan fingerprint density at radius 2 is 1.60 bits per heavy atom. The summed E-state index contributed by atoms with van der Waals surface area (Å²) in [6.07, 6.45) is 8.40. The number of carboxylic acid groups (broad SMARTS) is 1. The molecule has 198 valence electrons. The van der Waals surface area contributed by atoms with Crippen molar-refractivity contribution in [1.82, 2.24) is 0 Å². The fourth-order valence-corrected chi connectivity index (χ4v) is 10.8. The van der Waals surface area contributed by atoms with E-state index in [2.05, 4.69) is 40.7 Å². The van der Waals surface area contributed by atoms with Gasteiger partial charge in [0, 0.05) is 5.41 Å². The van der Waals surface area contributed by atoms with Gasteiger partial charge in [-0.1, -0.05) is 53.2 Å². The molecule has 5 aliphatic rings. The van der Waals surface area contributed by atoms with E-state index < -0.39 is 29.0 Å². The highest BCUT2D eigenvalue weighted by Gasteiger charge is 2.70. The first-order chi connectivity index (χ1) is 16.1. The van der Waals surface area contributed by atoms with Crippen LogP contribution in [0.15, 0.2) is 11.6 Å². The standard InChI is InChI=1S/C30H48O5/c1-25(2)11-13-30(24(34)35)14-12-28(5)18(19(30)15-25)7-8-22-26(3)16-20(32)23(33)27(4,17-31)21(26)9-10-29(22,28)6/h7,19-23,31-33H,8-17H2,1-6H3,(H,34,35)/t19-,20+,21+,22-,23+,26+,27+,28-,29-,30+/m1/s1. The summed E-state index contributed by atoms with van der Waals surface area (Å²) in [5, 5.41) is 42.8. The van der Waals surface area contributed by atoms with Crippen molar-refractivity contribution >= 4 is 5.97 Å². The SMILES string of the molecule is CC1(C)CC[C@]2(C(=O)O)CC[C@]3(C)C(=CC[C@@H]4[C@@]5(C)C[C@H](O)[C@H](O)[C@@](C)(CO)[C@H]5CC[C@]43C)[C@H]2C1. The molecule has 0 unspecified atom stereocenters. The second-order valence-electron chi connectivity index (χ2n) is 15.1. The molecule has 4 fully saturated rings. The van der Waals surface area contributed by atoms with Gasteiger partial charge in [-0.15, -0.1) is 0 Å². The van der Waals surface area contributed by atoms with Gasteiger partial charge in [0.05, 0.1) is 24.2 Å². The van der Waals surface area contributed by atoms with Gasteiger partial charge in [-0.05, 0) is 97.2 Å². The van der Waals surface area contributed by atoms with Crippen LogP contribution in [0.25, 0.3) is 0 Å². The molecule has 5 heteroatoms. The third-order valence-electron chi connectivity index (χ3n) is 13.2. The molecule has 5 aliphatic carbocycles. The topological polar surface area (TPSA) is 98.0 Å². The van der Waals surface area contributed by atoms with Gasteiger partial charge in [-0.2, -0.15) is 0 Å². The summed E-state index contributed by atoms with van der Waals surface area (Å²) in [7, 11) is 0. The van der Waals surface area contributed by atoms with Crippen LogP contribution in [0.5, 0.6) is 0 Å². The van der Waals surface area contributed by atoms with E-state index in [1.54, 1.807) is 0 Å². The summed E-state index contributed by atoms with van der Waals surface area (Å²) >= 11 is 0. The van der Waals surface area contributed by atoms with Crippen molar-refractivity contribution in [3.05, 3.63) is 11.6 Å². The van der Waals surface area contributed by atoms with E-state index in [0.29, 0.717) is 12.3 Å². The number of hydrogen-bond donors (Lipinski definition) is 4. The quantitative estimate of drug-likeness (QED) is 0.402. The Balaban J connectivity index is 1.61. The molecule has 4 saturated carbocycles. The van der Waals surface area contributed by atoms with Crippen LogP contribution in [0.4, 0.5) is 0 Å². The largest absolute Gasteiger partial charge is 0.481 e. The number of rotatable bonds is 2. The first-order valence-electron chi connectivity index (χ1n) is 14.0. The van der Waals surface area contributed by atoms with Crippen molar-refractivity contribution < 1.29 is 25.2 Å². The monoisotopic (exact) mass is 488 g/mol. The van der Waals surface area contributed by atoms with Gasteiger partial charge in [0.25, 0.3) is 0 Å². The second-order valence-corrected chi connectivity index (χ2v) is 15.1. The molecule has 5 rings (SSSR count). The highest BCUT2D eigenvalue weighted by atomic mass is 16.4. The lowest BCUT2D eigenvalue weighted by atomic mass is 9.33. The zero-order chi connectivity index (χ0) is 25.8. The average Bonchev–Trinajstić information content (AvgIpc) is 2.77. The number of allylic oxidation sites excluding steroid dienone is 2. The van der Waals surface area contributed by atoms with Crippen LogP contribution in [-0.4, -0.2) is 45.2 Å². The van der Waals surface area contributed by atoms with Crippen molar-refractivity contribution in [2.75, 3.05) is 6.61 Å². The number of hydrogen-bond acceptors (Lipinski definition) is 4. The van der Waals surface area contributed by atoms with E-state index in [9.17, 15) is 25.2 Å². The highest BCUT2D eigenvalue weighted by Crippen LogP contribution is 2.75. The van der Waals surface area contributed by atoms with E-state index in [1.165, 1.54) is 5.57 Å². The van der Waals surface area contributed by atoms with Crippen LogP contribution >= 0.6 is 0 Å². The van der Waals surface area contributed by atoms with Gasteiger partial charge in [-0.3, -0.25) is 4.79 Å². The fraction of sp³-hybridized carbons (Fsp3) is 0.900. The van der Waals surface area contributed by atoms with Gasteiger partial charge in [0.1, 0.15) is 0 Å². The summed E-state index contributed by atoms with van der Waals surface area (Å²) in [4.78, 5) is 12.8. The molecule has 0 bridgehead atoms. The summed E-state index contributed by atoms with van der Waals surface area (Å²) < 4.78 is 0. The zero-order valence-corrected chi connectivity index (χ0v) is 22.7. The maximum atomic E-state index is 12.8. The molecule has 10 atom stereocenters. The molecule has 0 radical (unpaired) electrons. The smallest absolute Gasteiger partial charge is 0.310 e. The van der Waals surface area contributed by atoms with Gasteiger partial charge < -0.3 is 20.4 Å². The predicted octanol–water partition coefficient (Wildman–Crippen LogP) is 5.18. The van der Waals surface area contributed by atoms with Crippen molar-refractivity contribution in [3.8, 4) is 0 Å². The molecule has 0 spiro atoms. The van der Waals surface area contributed by atoms with Crippen LogP contribution in [0.2, 0.25) is 0 Å². The molecule has 0 amide bonds. The average molecular weight is 489 g/mol. The zero-order valence-electron chi connectivity index (χ0n) is 22.7. The Labute approximate surface area is 211 Å². The fourth-order valence-electron chi connectivity index (χ4n) is 10.8. The molecule has 0 heterocycles. The predicted molar refractivity (Wildman–Crippen MR) is 135 cm³/mol. The van der Waals surface area contributed by atoms with Crippen molar-refractivity contribution in [2.24, 2.45) is 50.2 Å². The number of aliphatic hydroxyl groups excluding tert-OH is 3. The third-order valence-corrected chi connectivity index (χ3v) is 13.2. The molecule has 0 saturated heterocycles. The molecule has 35 heavy (non-hydrogen) atoms. The lowest BCUT2D eigenvalue weighted by Crippen LogP contribution is -2.68. The van der Waals surface area contributed by atoms with Crippen LogP contribution in [0.3, 0.4) is 0 Å². The van der Waals surface area contributed by atoms with Gasteiger partial charge >= 0.3 is 5.97 Å². The number of fused-ring (bicyclic) bond motifs is 7. The van der Waals surface area contributed by atoms with Gasteiger partial charge in [0.15, 0.2) is 0 Å². The Hall–Kier alpha value is -0.910. The summed E-state index contributed by atoms with van der Waals surface area (Å²) in [5.74, 6) is -0.0472. The van der Waals surface area contributed by atoms with Crippen LogP contribution in [-0.2, 0) is 4.79 Å². The van der Waals surface area contributed by atoms with Crippen molar-refractivity contribution in [2.45, 2.75) is 112 Å². The molecule has 0 aromatic carbocycles. The number of carbonyl (C=O) groups is 1. The lowest BCUT2D eigenvalue weighted by molar-refractivity contribution is -0.243. The maximum absolute atomic E-state index is 12.8. The first-order valence-corrected chi connectivity index (χ1v) is 14.0. The lowest BCUT2D eigenvalue weighted by Gasteiger charge is -2.71. The molecular weight excluding hydrogens is 440 g/mol. The van der Waals surface area contributed by atoms with Crippen LogP contribution in [0, 0.1) is 50.2 Å². The Morgan fingerprint density at radius 3 is 2.23 bits per heavy atom. The molecule has 5 nitrogen and oxygen atoms in total. The van der Waals surface area contributed by atoms with Gasteiger partial charge in [0.2, 0.25) is 0 Å². The van der Waals surface area contributed by atoms with Crippen LogP contribution in [0.1, 0.15) is 99.3 Å². The highest BCUT2D eigenvalue weighted by molar-refractivity contribution is 5.76. The van der Waals surface area contributed by atoms with E-state index in [-0.39, 0.29) is 40.1 Å². The maximum Gasteiger partial charge on any atom is 0.310 e. The van der Waals surface area contributed by atoms with E-state index in [0.717, 1.165) is 51.4 Å². The molecule has 0 aromatic heterocycles. The minimum absolute atomic E-state index is 0.00698. The summed E-state index contributed by atoms with van der Waals surface area (Å²) in [6, 6.07) is 0. The normalized spacial score (nSPS) is 55.0. The Bertz CT molecular complexity index is 941. The van der Waals surface area contributed by atoms with Crippen molar-refractivity contribution in [3.63, 3.8) is 0 Å². The van der Waals surface area contributed by atoms with Gasteiger partial charge in [-0.25, -0.2) is 0 Å². The Kier molecular flexibility index (Phi) is 5.56. The summed E-state index contributed by atoms with van der Waals surface area (Å²) in [5.41, 5.74) is -0.0632. The molecule has 0 aromatic rings. The number of aliphatic hydroxyl groups is 3. The van der Waals surface area contributed by atoms with Crippen LogP contribution < -0.4 is 0 Å². The molecule has 0 aliphatic heterocycles. The second kappa shape index (κ2) is 7.57. The minimum atomic E-state index is -0.907. The van der Waals surface area contributed by atoms with E-state index in [4.69, 9.17) is 0 Å². The number of aliphatic carboxylic acids is 1. The minimum Gasteiger partial charge on any atom is -0.481 e. The molecule has 4 N–H and O–H groups in total. The first kappa shape index (κ1) is 25.7. The van der Waals surface area contributed by atoms with E-state index in [1.807, 2.05) is 6.92 Å². The number of carboxylic acids is 1. The summed E-state index contributed by atoms with van der Waals surface area (Å²) in [6.45, 7) is 13.6. The molecular formula is C30H48O5. The Morgan fingerprint density at radius 1 is 0.943 bits per heavy atom.